The second-order valence-electron chi connectivity index (χ2n) is 3.30. The number of thiazole rings is 1. The highest BCUT2D eigenvalue weighted by Crippen LogP contribution is 2.31. The van der Waals surface area contributed by atoms with E-state index in [4.69, 9.17) is 0 Å². The Labute approximate surface area is 90.3 Å². The largest absolute Gasteiger partial charge is 0.362 e. The number of H-pyrrole nitrogens is 1. The highest BCUT2D eigenvalue weighted by atomic mass is 32.1. The summed E-state index contributed by atoms with van der Waals surface area (Å²) >= 11 is 1.66. The maximum atomic E-state index is 4.49. The lowest BCUT2D eigenvalue weighted by Gasteiger charge is -1.92. The maximum Gasteiger partial charge on any atom is 0.183 e. The Balaban J connectivity index is 2.32. The predicted molar refractivity (Wildman–Crippen MR) is 63.4 cm³/mol. The van der Waals surface area contributed by atoms with Crippen LogP contribution in [0.15, 0.2) is 18.3 Å². The highest BCUT2D eigenvalue weighted by Gasteiger charge is 2.07. The van der Waals surface area contributed by atoms with Gasteiger partial charge in [0, 0.05) is 11.9 Å². The van der Waals surface area contributed by atoms with Crippen LogP contribution < -0.4 is 5.32 Å². The molecule has 0 radical (unpaired) electrons. The molecule has 0 aliphatic carbocycles. The molecule has 2 N–H and O–H groups in total. The van der Waals surface area contributed by atoms with E-state index in [1.165, 1.54) is 4.70 Å². The number of aromatic nitrogens is 3. The minimum Gasteiger partial charge on any atom is -0.362 e. The van der Waals surface area contributed by atoms with Gasteiger partial charge in [-0.25, -0.2) is 4.98 Å². The lowest BCUT2D eigenvalue weighted by Crippen LogP contribution is -1.94. The third-order valence-corrected chi connectivity index (χ3v) is 3.34. The molecule has 0 saturated carbocycles. The van der Waals surface area contributed by atoms with Crippen LogP contribution in [0.3, 0.4) is 0 Å². The van der Waals surface area contributed by atoms with Crippen LogP contribution in [0.1, 0.15) is 6.92 Å². The first-order valence-corrected chi connectivity index (χ1v) is 5.66. The summed E-state index contributed by atoms with van der Waals surface area (Å²) < 4.78 is 1.17. The third-order valence-electron chi connectivity index (χ3n) is 2.30. The monoisotopic (exact) mass is 218 g/mol. The molecule has 4 nitrogen and oxygen atoms in total. The maximum absolute atomic E-state index is 4.49. The quantitative estimate of drug-likeness (QED) is 0.695. The number of fused-ring (bicyclic) bond motifs is 3. The molecular formula is C10H10N4S. The van der Waals surface area contributed by atoms with E-state index in [1.807, 2.05) is 18.3 Å². The lowest BCUT2D eigenvalue weighted by molar-refractivity contribution is 1.12. The van der Waals surface area contributed by atoms with Crippen molar-refractivity contribution >= 4 is 37.6 Å². The molecule has 0 aliphatic heterocycles. The molecule has 76 valence electrons. The standard InChI is InChI=1S/C10H10N4S/c1-2-11-10-13-7-4-3-6-5-12-14-8(6)9(7)15-10/h3-5H,2H2,1H3,(H,11,13)(H,12,14). The zero-order chi connectivity index (χ0) is 10.3. The van der Waals surface area contributed by atoms with Crippen molar-refractivity contribution in [3.8, 4) is 0 Å². The van der Waals surface area contributed by atoms with Crippen LogP contribution in [0, 0.1) is 0 Å². The van der Waals surface area contributed by atoms with Crippen LogP contribution in [0.2, 0.25) is 0 Å². The zero-order valence-electron chi connectivity index (χ0n) is 8.24. The molecule has 0 amide bonds. The van der Waals surface area contributed by atoms with Gasteiger partial charge in [-0.05, 0) is 19.1 Å². The van der Waals surface area contributed by atoms with Crippen LogP contribution in [0.4, 0.5) is 5.13 Å². The average Bonchev–Trinajstić information content (AvgIpc) is 2.80. The van der Waals surface area contributed by atoms with Gasteiger partial charge in [0.25, 0.3) is 0 Å². The molecule has 2 aromatic heterocycles. The van der Waals surface area contributed by atoms with Gasteiger partial charge in [-0.2, -0.15) is 5.10 Å². The van der Waals surface area contributed by atoms with E-state index >= 15 is 0 Å². The topological polar surface area (TPSA) is 53.6 Å². The number of aromatic amines is 1. The second kappa shape index (κ2) is 3.20. The molecule has 0 aliphatic rings. The van der Waals surface area contributed by atoms with Crippen molar-refractivity contribution in [1.82, 2.24) is 15.2 Å². The summed E-state index contributed by atoms with van der Waals surface area (Å²) in [5, 5.41) is 12.4. The first-order chi connectivity index (χ1) is 7.38. The average molecular weight is 218 g/mol. The molecular weight excluding hydrogens is 208 g/mol. The normalized spacial score (nSPS) is 11.3. The summed E-state index contributed by atoms with van der Waals surface area (Å²) in [6.07, 6.45) is 1.83. The van der Waals surface area contributed by atoms with Gasteiger partial charge in [-0.3, -0.25) is 5.10 Å². The van der Waals surface area contributed by atoms with Crippen LogP contribution in [-0.4, -0.2) is 21.7 Å². The summed E-state index contributed by atoms with van der Waals surface area (Å²) in [5.41, 5.74) is 2.10. The number of nitrogens with one attached hydrogen (secondary N) is 2. The fourth-order valence-electron chi connectivity index (χ4n) is 1.62. The van der Waals surface area contributed by atoms with Crippen molar-refractivity contribution in [1.29, 1.82) is 0 Å². The van der Waals surface area contributed by atoms with Crippen LogP contribution in [0.25, 0.3) is 21.1 Å². The number of nitrogens with zero attached hydrogens (tertiary/aromatic N) is 2. The number of hydrogen-bond donors (Lipinski definition) is 2. The molecule has 15 heavy (non-hydrogen) atoms. The molecule has 0 fully saturated rings. The third kappa shape index (κ3) is 1.27. The molecule has 3 aromatic rings. The Bertz CT molecular complexity index is 610. The smallest absolute Gasteiger partial charge is 0.183 e. The lowest BCUT2D eigenvalue weighted by atomic mass is 10.2. The fourth-order valence-corrected chi connectivity index (χ4v) is 2.66. The molecule has 1 aromatic carbocycles. The van der Waals surface area contributed by atoms with Gasteiger partial charge in [0.05, 0.1) is 21.9 Å². The molecule has 0 bridgehead atoms. The van der Waals surface area contributed by atoms with Gasteiger partial charge in [-0.1, -0.05) is 11.3 Å². The summed E-state index contributed by atoms with van der Waals surface area (Å²) in [7, 11) is 0. The minimum atomic E-state index is 0.895. The first kappa shape index (κ1) is 8.67. The number of hydrogen-bond acceptors (Lipinski definition) is 4. The van der Waals surface area contributed by atoms with Crippen molar-refractivity contribution in [2.24, 2.45) is 0 Å². The molecule has 0 unspecified atom stereocenters. The SMILES string of the molecule is CCNc1nc2ccc3cn[nH]c3c2s1. The summed E-state index contributed by atoms with van der Waals surface area (Å²) in [4.78, 5) is 4.49. The Hall–Kier alpha value is -1.62. The van der Waals surface area contributed by atoms with E-state index in [9.17, 15) is 0 Å². The van der Waals surface area contributed by atoms with Gasteiger partial charge in [0.2, 0.25) is 0 Å². The Morgan fingerprint density at radius 3 is 3.27 bits per heavy atom. The van der Waals surface area contributed by atoms with Crippen LogP contribution in [-0.2, 0) is 0 Å². The van der Waals surface area contributed by atoms with Gasteiger partial charge in [0.15, 0.2) is 5.13 Å². The summed E-state index contributed by atoms with van der Waals surface area (Å²) in [6.45, 7) is 2.96. The fraction of sp³-hybridized carbons (Fsp3) is 0.200. The van der Waals surface area contributed by atoms with Crippen molar-refractivity contribution in [3.63, 3.8) is 0 Å². The molecule has 0 spiro atoms. The highest BCUT2D eigenvalue weighted by molar-refractivity contribution is 7.23. The second-order valence-corrected chi connectivity index (χ2v) is 4.30. The minimum absolute atomic E-state index is 0.895. The number of rotatable bonds is 2. The molecule has 5 heteroatoms. The number of anilines is 1. The number of benzene rings is 1. The Kier molecular flexibility index (Phi) is 1.85. The van der Waals surface area contributed by atoms with Crippen LogP contribution in [0.5, 0.6) is 0 Å². The van der Waals surface area contributed by atoms with Crippen LogP contribution >= 0.6 is 11.3 Å². The molecule has 0 atom stereocenters. The van der Waals surface area contributed by atoms with E-state index in [0.29, 0.717) is 0 Å². The van der Waals surface area contributed by atoms with Crippen molar-refractivity contribution in [2.45, 2.75) is 6.92 Å². The van der Waals surface area contributed by atoms with Crippen molar-refractivity contribution < 1.29 is 0 Å². The van der Waals surface area contributed by atoms with Gasteiger partial charge in [-0.15, -0.1) is 0 Å². The van der Waals surface area contributed by atoms with E-state index in [2.05, 4.69) is 27.4 Å². The van der Waals surface area contributed by atoms with E-state index in [1.54, 1.807) is 11.3 Å². The van der Waals surface area contributed by atoms with Crippen molar-refractivity contribution in [2.75, 3.05) is 11.9 Å². The predicted octanol–water partition coefficient (Wildman–Crippen LogP) is 2.60. The van der Waals surface area contributed by atoms with Gasteiger partial charge >= 0.3 is 0 Å². The Morgan fingerprint density at radius 1 is 1.47 bits per heavy atom. The molecule has 3 rings (SSSR count). The summed E-state index contributed by atoms with van der Waals surface area (Å²) in [5.74, 6) is 0. The zero-order valence-corrected chi connectivity index (χ0v) is 9.06. The van der Waals surface area contributed by atoms with E-state index in [-0.39, 0.29) is 0 Å². The first-order valence-electron chi connectivity index (χ1n) is 4.85. The van der Waals surface area contributed by atoms with Crippen molar-refractivity contribution in [3.05, 3.63) is 18.3 Å². The van der Waals surface area contributed by atoms with Gasteiger partial charge in [0.1, 0.15) is 0 Å². The van der Waals surface area contributed by atoms with E-state index < -0.39 is 0 Å². The van der Waals surface area contributed by atoms with Gasteiger partial charge < -0.3 is 5.32 Å². The molecule has 2 heterocycles. The Morgan fingerprint density at radius 2 is 2.40 bits per heavy atom. The molecule has 0 saturated heterocycles. The van der Waals surface area contributed by atoms with E-state index in [0.717, 1.165) is 28.1 Å². The summed E-state index contributed by atoms with van der Waals surface area (Å²) in [6, 6.07) is 4.07.